The summed E-state index contributed by atoms with van der Waals surface area (Å²) in [6.07, 6.45) is -0.111. The van der Waals surface area contributed by atoms with Crippen LogP contribution in [0.4, 0.5) is 0 Å². The van der Waals surface area contributed by atoms with Crippen LogP contribution in [-0.2, 0) is 19.1 Å². The lowest BCUT2D eigenvalue weighted by Crippen LogP contribution is -2.29. The van der Waals surface area contributed by atoms with Crippen LogP contribution >= 0.6 is 0 Å². The van der Waals surface area contributed by atoms with Crippen molar-refractivity contribution in [3.05, 3.63) is 35.9 Å². The molecule has 0 saturated carbocycles. The highest BCUT2D eigenvalue weighted by Crippen LogP contribution is 2.27. The third-order valence-electron chi connectivity index (χ3n) is 3.98. The Kier molecular flexibility index (Phi) is 5.11. The third-order valence-corrected chi connectivity index (χ3v) is 3.98. The normalized spacial score (nSPS) is 22.7. The van der Waals surface area contributed by atoms with Gasteiger partial charge in [0.25, 0.3) is 0 Å². The maximum Gasteiger partial charge on any atom is 0.325 e. The third kappa shape index (κ3) is 3.62. The number of ether oxygens (including phenoxy) is 1. The first kappa shape index (κ1) is 16.4. The first-order valence-electron chi connectivity index (χ1n) is 7.72. The molecule has 1 saturated heterocycles. The van der Waals surface area contributed by atoms with Gasteiger partial charge < -0.3 is 4.74 Å². The maximum absolute atomic E-state index is 12.4. The van der Waals surface area contributed by atoms with Crippen LogP contribution in [0.15, 0.2) is 30.3 Å². The fourth-order valence-electron chi connectivity index (χ4n) is 2.77. The van der Waals surface area contributed by atoms with Crippen molar-refractivity contribution in [3.8, 4) is 0 Å². The zero-order valence-electron chi connectivity index (χ0n) is 13.2. The van der Waals surface area contributed by atoms with Crippen molar-refractivity contribution in [1.29, 1.82) is 0 Å². The van der Waals surface area contributed by atoms with E-state index in [9.17, 15) is 14.4 Å². The van der Waals surface area contributed by atoms with Crippen LogP contribution in [0.2, 0.25) is 0 Å². The molecule has 1 aromatic carbocycles. The summed E-state index contributed by atoms with van der Waals surface area (Å²) in [6, 6.07) is 9.60. The van der Waals surface area contributed by atoms with Crippen molar-refractivity contribution in [2.24, 2.45) is 11.8 Å². The Hall–Kier alpha value is -1.97. The Labute approximate surface area is 130 Å². The van der Waals surface area contributed by atoms with Gasteiger partial charge in [0.2, 0.25) is 0 Å². The van der Waals surface area contributed by atoms with Crippen LogP contribution in [0.3, 0.4) is 0 Å². The summed E-state index contributed by atoms with van der Waals surface area (Å²) in [5, 5.41) is 0. The van der Waals surface area contributed by atoms with Crippen LogP contribution in [-0.4, -0.2) is 23.6 Å². The second kappa shape index (κ2) is 6.86. The van der Waals surface area contributed by atoms with Gasteiger partial charge in [0, 0.05) is 6.42 Å². The number of Topliss-reactive ketones (excluding diaryl/α,β-unsaturated/α-hetero) is 2. The van der Waals surface area contributed by atoms with E-state index in [-0.39, 0.29) is 29.8 Å². The van der Waals surface area contributed by atoms with Crippen LogP contribution in [0.1, 0.15) is 45.1 Å². The average Bonchev–Trinajstić information content (AvgIpc) is 2.73. The van der Waals surface area contributed by atoms with Crippen LogP contribution < -0.4 is 0 Å². The summed E-state index contributed by atoms with van der Waals surface area (Å²) in [4.78, 5) is 36.5. The van der Waals surface area contributed by atoms with Gasteiger partial charge in [0.15, 0.2) is 23.6 Å². The van der Waals surface area contributed by atoms with Crippen LogP contribution in [0, 0.1) is 11.8 Å². The number of hydrogen-bond donors (Lipinski definition) is 0. The number of carbonyl (C=O) groups is 3. The molecule has 118 valence electrons. The maximum atomic E-state index is 12.4. The molecule has 1 aromatic rings. The van der Waals surface area contributed by atoms with E-state index in [0.29, 0.717) is 6.42 Å². The molecule has 4 heteroatoms. The fraction of sp³-hybridized carbons (Fsp3) is 0.500. The minimum absolute atomic E-state index is 0.0292. The Morgan fingerprint density at radius 3 is 2.36 bits per heavy atom. The van der Waals surface area contributed by atoms with Crippen molar-refractivity contribution in [1.82, 2.24) is 0 Å². The first-order chi connectivity index (χ1) is 10.4. The smallest absolute Gasteiger partial charge is 0.325 e. The quantitative estimate of drug-likeness (QED) is 0.599. The summed E-state index contributed by atoms with van der Waals surface area (Å²) >= 11 is 0. The number of ketones is 2. The summed E-state index contributed by atoms with van der Waals surface area (Å²) < 4.78 is 5.10. The number of esters is 1. The van der Waals surface area contributed by atoms with Crippen molar-refractivity contribution < 1.29 is 19.1 Å². The molecule has 0 radical (unpaired) electrons. The first-order valence-corrected chi connectivity index (χ1v) is 7.72. The summed E-state index contributed by atoms with van der Waals surface area (Å²) in [5.74, 6) is -2.41. The molecule has 2 rings (SSSR count). The van der Waals surface area contributed by atoms with E-state index < -0.39 is 18.0 Å². The van der Waals surface area contributed by atoms with Gasteiger partial charge in [0.05, 0.1) is 0 Å². The monoisotopic (exact) mass is 302 g/mol. The second-order valence-corrected chi connectivity index (χ2v) is 6.37. The predicted octanol–water partition coefficient (Wildman–Crippen LogP) is 2.91. The molecule has 1 heterocycles. The molecule has 1 fully saturated rings. The number of benzene rings is 1. The highest BCUT2D eigenvalue weighted by molar-refractivity contribution is 6.21. The lowest BCUT2D eigenvalue weighted by atomic mass is 9.87. The zero-order valence-corrected chi connectivity index (χ0v) is 13.2. The SMILES string of the molecule is CC(C)CC1OC(=O)C(C(=O)CC(C)c2ccccc2)C1=O. The molecule has 0 bridgehead atoms. The summed E-state index contributed by atoms with van der Waals surface area (Å²) in [5.41, 5.74) is 1.02. The van der Waals surface area contributed by atoms with Crippen molar-refractivity contribution in [3.63, 3.8) is 0 Å². The van der Waals surface area contributed by atoms with Crippen molar-refractivity contribution in [2.45, 2.75) is 45.6 Å². The molecular formula is C18H22O4. The van der Waals surface area contributed by atoms with E-state index in [0.717, 1.165) is 5.56 Å². The van der Waals surface area contributed by atoms with Gasteiger partial charge in [-0.25, -0.2) is 0 Å². The highest BCUT2D eigenvalue weighted by Gasteiger charge is 2.47. The minimum Gasteiger partial charge on any atom is -0.453 e. The van der Waals surface area contributed by atoms with Gasteiger partial charge in [-0.15, -0.1) is 0 Å². The highest BCUT2D eigenvalue weighted by atomic mass is 16.6. The molecule has 0 spiro atoms. The van der Waals surface area contributed by atoms with E-state index in [1.165, 1.54) is 0 Å². The lowest BCUT2D eigenvalue weighted by molar-refractivity contribution is -0.147. The van der Waals surface area contributed by atoms with Gasteiger partial charge in [-0.1, -0.05) is 51.1 Å². The molecule has 1 aliphatic heterocycles. The van der Waals surface area contributed by atoms with Gasteiger partial charge in [-0.05, 0) is 23.8 Å². The molecule has 0 aliphatic carbocycles. The largest absolute Gasteiger partial charge is 0.453 e. The van der Waals surface area contributed by atoms with E-state index in [4.69, 9.17) is 4.74 Å². The lowest BCUT2D eigenvalue weighted by Gasteiger charge is -2.12. The van der Waals surface area contributed by atoms with Gasteiger partial charge in [0.1, 0.15) is 0 Å². The molecule has 3 unspecified atom stereocenters. The number of hydrogen-bond acceptors (Lipinski definition) is 4. The molecule has 0 N–H and O–H groups in total. The topological polar surface area (TPSA) is 60.4 Å². The summed E-state index contributed by atoms with van der Waals surface area (Å²) in [7, 11) is 0. The minimum atomic E-state index is -1.23. The van der Waals surface area contributed by atoms with Gasteiger partial charge in [-0.2, -0.15) is 0 Å². The van der Waals surface area contributed by atoms with Crippen LogP contribution in [0.25, 0.3) is 0 Å². The van der Waals surface area contributed by atoms with E-state index in [1.54, 1.807) is 0 Å². The number of carbonyl (C=O) groups excluding carboxylic acids is 3. The molecule has 1 aliphatic rings. The Morgan fingerprint density at radius 2 is 1.77 bits per heavy atom. The van der Waals surface area contributed by atoms with E-state index >= 15 is 0 Å². The molecular weight excluding hydrogens is 280 g/mol. The zero-order chi connectivity index (χ0) is 16.3. The predicted molar refractivity (Wildman–Crippen MR) is 82.3 cm³/mol. The Balaban J connectivity index is 2.03. The average molecular weight is 302 g/mol. The van der Waals surface area contributed by atoms with E-state index in [2.05, 4.69) is 0 Å². The molecule has 3 atom stereocenters. The Bertz CT molecular complexity index is 562. The van der Waals surface area contributed by atoms with Crippen molar-refractivity contribution >= 4 is 17.5 Å². The number of cyclic esters (lactones) is 1. The molecule has 4 nitrogen and oxygen atoms in total. The summed E-state index contributed by atoms with van der Waals surface area (Å²) in [6.45, 7) is 5.82. The number of rotatable bonds is 6. The standard InChI is InChI=1S/C18H22O4/c1-11(2)9-15-17(20)16(18(21)22-15)14(19)10-12(3)13-7-5-4-6-8-13/h4-8,11-12,15-16H,9-10H2,1-3H3. The van der Waals surface area contributed by atoms with Crippen LogP contribution in [0.5, 0.6) is 0 Å². The van der Waals surface area contributed by atoms with Gasteiger partial charge in [-0.3, -0.25) is 14.4 Å². The molecule has 0 aromatic heterocycles. The van der Waals surface area contributed by atoms with Gasteiger partial charge >= 0.3 is 5.97 Å². The second-order valence-electron chi connectivity index (χ2n) is 6.37. The Morgan fingerprint density at radius 1 is 1.14 bits per heavy atom. The molecule has 22 heavy (non-hydrogen) atoms. The van der Waals surface area contributed by atoms with E-state index in [1.807, 2.05) is 51.1 Å². The fourth-order valence-corrected chi connectivity index (χ4v) is 2.77. The molecule has 0 amide bonds. The van der Waals surface area contributed by atoms with Crippen molar-refractivity contribution in [2.75, 3.05) is 0 Å².